The summed E-state index contributed by atoms with van der Waals surface area (Å²) in [6.07, 6.45) is 3.44. The number of benzene rings is 1. The summed E-state index contributed by atoms with van der Waals surface area (Å²) in [6, 6.07) is 7.80. The molecule has 16 heavy (non-hydrogen) atoms. The van der Waals surface area contributed by atoms with Crippen molar-refractivity contribution in [2.75, 3.05) is 0 Å². The molecule has 0 amide bonds. The second-order valence-corrected chi connectivity index (χ2v) is 5.03. The van der Waals surface area contributed by atoms with E-state index in [0.29, 0.717) is 0 Å². The maximum atomic E-state index is 11.8. The zero-order chi connectivity index (χ0) is 11.8. The van der Waals surface area contributed by atoms with Gasteiger partial charge in [-0.05, 0) is 37.6 Å². The first kappa shape index (κ1) is 11.6. The Morgan fingerprint density at radius 2 is 2.00 bits per heavy atom. The van der Waals surface area contributed by atoms with Gasteiger partial charge in [-0.15, -0.1) is 0 Å². The molecule has 3 heteroatoms. The van der Waals surface area contributed by atoms with Crippen molar-refractivity contribution in [1.29, 1.82) is 0 Å². The first-order valence-electron chi connectivity index (χ1n) is 5.18. The molecular formula is C13H13BrO2. The van der Waals surface area contributed by atoms with E-state index in [-0.39, 0.29) is 11.9 Å². The lowest BCUT2D eigenvalue weighted by Gasteiger charge is -1.99. The lowest BCUT2D eigenvalue weighted by Crippen LogP contribution is -2.20. The van der Waals surface area contributed by atoms with Gasteiger partial charge in [-0.1, -0.05) is 34.1 Å². The first-order chi connectivity index (χ1) is 7.52. The van der Waals surface area contributed by atoms with Crippen LogP contribution in [0, 0.1) is 0 Å². The molecule has 1 aromatic rings. The predicted octanol–water partition coefficient (Wildman–Crippen LogP) is 3.21. The number of ether oxygens (including phenoxy) is 1. The van der Waals surface area contributed by atoms with Crippen LogP contribution in [0.3, 0.4) is 0 Å². The lowest BCUT2D eigenvalue weighted by molar-refractivity contribution is -0.118. The Morgan fingerprint density at radius 1 is 1.44 bits per heavy atom. The summed E-state index contributed by atoms with van der Waals surface area (Å²) in [4.78, 5) is 11.8. The summed E-state index contributed by atoms with van der Waals surface area (Å²) >= 11 is 3.36. The predicted molar refractivity (Wildman–Crippen MR) is 67.1 cm³/mol. The average Bonchev–Trinajstić information content (AvgIpc) is 2.87. The van der Waals surface area contributed by atoms with Gasteiger partial charge in [0.25, 0.3) is 0 Å². The molecule has 1 saturated heterocycles. The van der Waals surface area contributed by atoms with Crippen LogP contribution >= 0.6 is 15.9 Å². The topological polar surface area (TPSA) is 29.6 Å². The van der Waals surface area contributed by atoms with Gasteiger partial charge in [0.2, 0.25) is 0 Å². The van der Waals surface area contributed by atoms with Gasteiger partial charge in [-0.25, -0.2) is 0 Å². The molecule has 84 valence electrons. The van der Waals surface area contributed by atoms with Crippen molar-refractivity contribution in [2.24, 2.45) is 0 Å². The van der Waals surface area contributed by atoms with Gasteiger partial charge in [0.05, 0.1) is 6.10 Å². The van der Waals surface area contributed by atoms with Crippen molar-refractivity contribution in [1.82, 2.24) is 0 Å². The number of halogens is 1. The van der Waals surface area contributed by atoms with Crippen LogP contribution < -0.4 is 0 Å². The van der Waals surface area contributed by atoms with Gasteiger partial charge in [-0.3, -0.25) is 4.79 Å². The molecule has 1 aliphatic heterocycles. The van der Waals surface area contributed by atoms with Gasteiger partial charge < -0.3 is 4.74 Å². The van der Waals surface area contributed by atoms with Crippen LogP contribution in [0.5, 0.6) is 0 Å². The van der Waals surface area contributed by atoms with E-state index in [0.717, 1.165) is 10.0 Å². The smallest absolute Gasteiger partial charge is 0.189 e. The van der Waals surface area contributed by atoms with Crippen LogP contribution in [0.1, 0.15) is 19.4 Å². The summed E-state index contributed by atoms with van der Waals surface area (Å²) < 4.78 is 6.30. The number of rotatable bonds is 3. The molecule has 2 atom stereocenters. The number of carbonyl (C=O) groups is 1. The zero-order valence-electron chi connectivity index (χ0n) is 9.24. The fourth-order valence-electron chi connectivity index (χ4n) is 1.50. The van der Waals surface area contributed by atoms with Gasteiger partial charge in [0.15, 0.2) is 11.4 Å². The van der Waals surface area contributed by atoms with Crippen LogP contribution in [0.15, 0.2) is 34.8 Å². The van der Waals surface area contributed by atoms with Crippen LogP contribution in [0.4, 0.5) is 0 Å². The molecule has 0 spiro atoms. The second-order valence-electron chi connectivity index (χ2n) is 4.12. The van der Waals surface area contributed by atoms with Crippen LogP contribution in [-0.2, 0) is 9.53 Å². The molecule has 0 saturated carbocycles. The molecular weight excluding hydrogens is 268 g/mol. The van der Waals surface area contributed by atoms with Crippen LogP contribution in [0.25, 0.3) is 6.08 Å². The Kier molecular flexibility index (Phi) is 3.00. The minimum absolute atomic E-state index is 0.0305. The van der Waals surface area contributed by atoms with E-state index in [9.17, 15) is 4.79 Å². The van der Waals surface area contributed by atoms with E-state index in [1.165, 1.54) is 0 Å². The van der Waals surface area contributed by atoms with E-state index in [2.05, 4.69) is 15.9 Å². The summed E-state index contributed by atoms with van der Waals surface area (Å²) in [5, 5.41) is 0. The molecule has 2 nitrogen and oxygen atoms in total. The van der Waals surface area contributed by atoms with Crippen molar-refractivity contribution in [3.63, 3.8) is 0 Å². The number of epoxide rings is 1. The Bertz CT molecular complexity index is 436. The number of ketones is 1. The minimum atomic E-state index is -0.591. The van der Waals surface area contributed by atoms with E-state index in [4.69, 9.17) is 4.74 Å². The maximum Gasteiger partial charge on any atom is 0.189 e. The Labute approximate surface area is 103 Å². The highest BCUT2D eigenvalue weighted by Crippen LogP contribution is 2.36. The van der Waals surface area contributed by atoms with Crippen molar-refractivity contribution >= 4 is 27.8 Å². The summed E-state index contributed by atoms with van der Waals surface area (Å²) in [7, 11) is 0. The molecule has 1 heterocycles. The molecule has 1 aliphatic rings. The summed E-state index contributed by atoms with van der Waals surface area (Å²) in [6.45, 7) is 3.73. The highest BCUT2D eigenvalue weighted by Gasteiger charge is 2.54. The van der Waals surface area contributed by atoms with Gasteiger partial charge >= 0.3 is 0 Å². The van der Waals surface area contributed by atoms with Crippen LogP contribution in [-0.4, -0.2) is 17.5 Å². The fourth-order valence-corrected chi connectivity index (χ4v) is 1.77. The quantitative estimate of drug-likeness (QED) is 0.629. The van der Waals surface area contributed by atoms with E-state index < -0.39 is 5.60 Å². The normalized spacial score (nSPS) is 28.3. The third-order valence-electron chi connectivity index (χ3n) is 2.93. The number of carbonyl (C=O) groups excluding carboxylic acids is 1. The molecule has 1 fully saturated rings. The lowest BCUT2D eigenvalue weighted by atomic mass is 10.0. The molecule has 0 radical (unpaired) electrons. The van der Waals surface area contributed by atoms with Crippen molar-refractivity contribution < 1.29 is 9.53 Å². The van der Waals surface area contributed by atoms with Gasteiger partial charge in [0.1, 0.15) is 0 Å². The molecule has 0 bridgehead atoms. The van der Waals surface area contributed by atoms with E-state index in [1.54, 1.807) is 6.08 Å². The van der Waals surface area contributed by atoms with Gasteiger partial charge in [-0.2, -0.15) is 0 Å². The summed E-state index contributed by atoms with van der Waals surface area (Å²) in [5.41, 5.74) is 0.416. The van der Waals surface area contributed by atoms with Crippen molar-refractivity contribution in [3.8, 4) is 0 Å². The number of hydrogen-bond donors (Lipinski definition) is 0. The third kappa shape index (κ3) is 2.25. The fraction of sp³-hybridized carbons (Fsp3) is 0.308. The van der Waals surface area contributed by atoms with E-state index >= 15 is 0 Å². The SMILES string of the molecule is CC1OC1(C)C(=O)/C=C/c1ccc(Br)cc1. The largest absolute Gasteiger partial charge is 0.358 e. The maximum absolute atomic E-state index is 11.8. The highest BCUT2D eigenvalue weighted by atomic mass is 79.9. The van der Waals surface area contributed by atoms with Crippen molar-refractivity contribution in [3.05, 3.63) is 40.4 Å². The van der Waals surface area contributed by atoms with Crippen molar-refractivity contribution in [2.45, 2.75) is 25.6 Å². The zero-order valence-corrected chi connectivity index (χ0v) is 10.8. The second kappa shape index (κ2) is 4.15. The third-order valence-corrected chi connectivity index (χ3v) is 3.46. The summed E-state index contributed by atoms with van der Waals surface area (Å²) in [5.74, 6) is 0.0305. The molecule has 2 unspecified atom stereocenters. The Hall–Kier alpha value is -0.930. The highest BCUT2D eigenvalue weighted by molar-refractivity contribution is 9.10. The molecule has 0 aromatic heterocycles. The van der Waals surface area contributed by atoms with Crippen LogP contribution in [0.2, 0.25) is 0 Å². The Balaban J connectivity index is 2.05. The number of hydrogen-bond acceptors (Lipinski definition) is 2. The van der Waals surface area contributed by atoms with E-state index in [1.807, 2.05) is 44.2 Å². The standard InChI is InChI=1S/C13H13BrO2/c1-9-13(2,16-9)12(15)8-5-10-3-6-11(14)7-4-10/h3-9H,1-2H3/b8-5+. The molecule has 2 rings (SSSR count). The monoisotopic (exact) mass is 280 g/mol. The average molecular weight is 281 g/mol. The molecule has 0 N–H and O–H groups in total. The molecule has 0 aliphatic carbocycles. The minimum Gasteiger partial charge on any atom is -0.358 e. The Morgan fingerprint density at radius 3 is 2.50 bits per heavy atom. The molecule has 1 aromatic carbocycles. The first-order valence-corrected chi connectivity index (χ1v) is 5.97. The van der Waals surface area contributed by atoms with Gasteiger partial charge in [0, 0.05) is 4.47 Å².